The summed E-state index contributed by atoms with van der Waals surface area (Å²) >= 11 is 0. The topological polar surface area (TPSA) is 96.2 Å². The van der Waals surface area contributed by atoms with Crippen LogP contribution < -0.4 is 5.73 Å². The zero-order valence-corrected chi connectivity index (χ0v) is 8.58. The molecule has 2 rings (SSSR count). The van der Waals surface area contributed by atoms with Crippen molar-refractivity contribution < 1.29 is 14.1 Å². The van der Waals surface area contributed by atoms with Gasteiger partial charge in [-0.1, -0.05) is 5.16 Å². The summed E-state index contributed by atoms with van der Waals surface area (Å²) in [6.45, 7) is 0.395. The van der Waals surface area contributed by atoms with E-state index in [4.69, 9.17) is 5.73 Å². The minimum atomic E-state index is -0.559. The number of anilines is 1. The lowest BCUT2D eigenvalue weighted by Gasteiger charge is -2.01. The Morgan fingerprint density at radius 2 is 2.50 bits per heavy atom. The molecule has 0 spiro atoms. The number of nitrogen functional groups attached to an aromatic ring is 1. The summed E-state index contributed by atoms with van der Waals surface area (Å²) < 4.78 is 10.8. The largest absolute Gasteiger partial charge is 0.464 e. The Morgan fingerprint density at radius 3 is 3.12 bits per heavy atom. The Morgan fingerprint density at radius 1 is 1.69 bits per heavy atom. The molecule has 16 heavy (non-hydrogen) atoms. The van der Waals surface area contributed by atoms with Gasteiger partial charge in [0.1, 0.15) is 17.8 Å². The molecule has 2 aromatic rings. The van der Waals surface area contributed by atoms with E-state index in [0.717, 1.165) is 0 Å². The molecule has 2 aromatic heterocycles. The summed E-state index contributed by atoms with van der Waals surface area (Å²) in [5.41, 5.74) is 6.54. The molecule has 0 atom stereocenters. The highest BCUT2D eigenvalue weighted by atomic mass is 16.5. The zero-order chi connectivity index (χ0) is 11.5. The molecule has 0 aliphatic carbocycles. The number of nitrogens with two attached hydrogens (primary N) is 1. The van der Waals surface area contributed by atoms with E-state index in [1.54, 1.807) is 10.6 Å². The number of methoxy groups -OCH3 is 1. The maximum absolute atomic E-state index is 11.2. The molecule has 84 valence electrons. The lowest BCUT2D eigenvalue weighted by atomic mass is 10.4. The smallest absolute Gasteiger partial charge is 0.360 e. The molecule has 2 N–H and O–H groups in total. The predicted octanol–water partition coefficient (Wildman–Crippen LogP) is 0.288. The number of hydrogen-bond acceptors (Lipinski definition) is 6. The number of imidazole rings is 1. The fraction of sp³-hybridized carbons (Fsp3) is 0.222. The van der Waals surface area contributed by atoms with Gasteiger partial charge in [0.2, 0.25) is 0 Å². The molecule has 0 fully saturated rings. The predicted molar refractivity (Wildman–Crippen MR) is 53.6 cm³/mol. The third kappa shape index (κ3) is 1.74. The SMILES string of the molecule is COC(=O)c1ncn(Cc2ccon2)c1N. The maximum atomic E-state index is 11.2. The number of carbonyl (C=O) groups excluding carboxylic acids is 1. The van der Waals surface area contributed by atoms with Crippen LogP contribution in [0, 0.1) is 0 Å². The first-order valence-corrected chi connectivity index (χ1v) is 4.50. The first kappa shape index (κ1) is 10.2. The van der Waals surface area contributed by atoms with E-state index in [-0.39, 0.29) is 11.5 Å². The second-order valence-electron chi connectivity index (χ2n) is 3.09. The van der Waals surface area contributed by atoms with Crippen LogP contribution in [-0.2, 0) is 11.3 Å². The summed E-state index contributed by atoms with van der Waals surface area (Å²) in [5.74, 6) is -0.314. The third-order valence-electron chi connectivity index (χ3n) is 2.08. The van der Waals surface area contributed by atoms with Gasteiger partial charge in [0.25, 0.3) is 0 Å². The van der Waals surface area contributed by atoms with Crippen LogP contribution >= 0.6 is 0 Å². The molecule has 0 unspecified atom stereocenters. The van der Waals surface area contributed by atoms with Crippen molar-refractivity contribution in [1.82, 2.24) is 14.7 Å². The molecule has 0 aliphatic heterocycles. The number of hydrogen-bond donors (Lipinski definition) is 1. The van der Waals surface area contributed by atoms with E-state index in [9.17, 15) is 4.79 Å². The molecule has 0 aromatic carbocycles. The Bertz CT molecular complexity index is 489. The summed E-state index contributed by atoms with van der Waals surface area (Å²) in [4.78, 5) is 15.1. The van der Waals surface area contributed by atoms with E-state index in [0.29, 0.717) is 12.2 Å². The molecule has 0 amide bonds. The van der Waals surface area contributed by atoms with Crippen molar-refractivity contribution in [2.45, 2.75) is 6.54 Å². The first-order valence-electron chi connectivity index (χ1n) is 4.50. The van der Waals surface area contributed by atoms with E-state index < -0.39 is 5.97 Å². The lowest BCUT2D eigenvalue weighted by Crippen LogP contribution is -2.09. The Kier molecular flexibility index (Phi) is 2.59. The van der Waals surface area contributed by atoms with Gasteiger partial charge < -0.3 is 19.6 Å². The summed E-state index contributed by atoms with van der Waals surface area (Å²) in [6, 6.07) is 1.71. The quantitative estimate of drug-likeness (QED) is 0.749. The number of ether oxygens (including phenoxy) is 1. The molecule has 0 radical (unpaired) electrons. The molecule has 0 aliphatic rings. The van der Waals surface area contributed by atoms with Crippen LogP contribution in [0.25, 0.3) is 0 Å². The minimum absolute atomic E-state index is 0.103. The van der Waals surface area contributed by atoms with Gasteiger partial charge >= 0.3 is 5.97 Å². The van der Waals surface area contributed by atoms with Crippen LogP contribution in [0.4, 0.5) is 5.82 Å². The van der Waals surface area contributed by atoms with Gasteiger partial charge in [-0.2, -0.15) is 0 Å². The number of esters is 1. The molecule has 0 saturated heterocycles. The summed E-state index contributed by atoms with van der Waals surface area (Å²) in [5, 5.41) is 3.73. The van der Waals surface area contributed by atoms with Crippen LogP contribution in [0.15, 0.2) is 23.2 Å². The van der Waals surface area contributed by atoms with Gasteiger partial charge in [0, 0.05) is 6.07 Å². The van der Waals surface area contributed by atoms with Crippen molar-refractivity contribution in [1.29, 1.82) is 0 Å². The molecule has 7 heteroatoms. The Balaban J connectivity index is 2.23. The number of aromatic nitrogens is 3. The average molecular weight is 222 g/mol. The van der Waals surface area contributed by atoms with E-state index in [1.165, 1.54) is 19.7 Å². The minimum Gasteiger partial charge on any atom is -0.464 e. The molecular formula is C9H10N4O3. The van der Waals surface area contributed by atoms with Crippen molar-refractivity contribution >= 4 is 11.8 Å². The van der Waals surface area contributed by atoms with Gasteiger partial charge in [-0.25, -0.2) is 9.78 Å². The number of nitrogens with zero attached hydrogens (tertiary/aromatic N) is 3. The third-order valence-corrected chi connectivity index (χ3v) is 2.08. The van der Waals surface area contributed by atoms with E-state index >= 15 is 0 Å². The highest BCUT2D eigenvalue weighted by Crippen LogP contribution is 2.12. The molecule has 2 heterocycles. The molecule has 7 nitrogen and oxygen atoms in total. The van der Waals surface area contributed by atoms with Crippen LogP contribution in [-0.4, -0.2) is 27.8 Å². The normalized spacial score (nSPS) is 10.3. The highest BCUT2D eigenvalue weighted by Gasteiger charge is 2.16. The summed E-state index contributed by atoms with van der Waals surface area (Å²) in [7, 11) is 1.28. The Labute approximate surface area is 90.8 Å². The van der Waals surface area contributed by atoms with E-state index in [2.05, 4.69) is 19.4 Å². The van der Waals surface area contributed by atoms with Crippen LogP contribution in [0.2, 0.25) is 0 Å². The van der Waals surface area contributed by atoms with Crippen molar-refractivity contribution in [2.75, 3.05) is 12.8 Å². The first-order chi connectivity index (χ1) is 7.72. The second-order valence-corrected chi connectivity index (χ2v) is 3.09. The van der Waals surface area contributed by atoms with Crippen molar-refractivity contribution in [3.8, 4) is 0 Å². The number of rotatable bonds is 3. The fourth-order valence-corrected chi connectivity index (χ4v) is 1.27. The molecule has 0 bridgehead atoms. The fourth-order valence-electron chi connectivity index (χ4n) is 1.27. The van der Waals surface area contributed by atoms with Crippen molar-refractivity contribution in [3.05, 3.63) is 30.0 Å². The van der Waals surface area contributed by atoms with Crippen molar-refractivity contribution in [3.63, 3.8) is 0 Å². The van der Waals surface area contributed by atoms with Crippen LogP contribution in [0.1, 0.15) is 16.2 Å². The van der Waals surface area contributed by atoms with Crippen LogP contribution in [0.3, 0.4) is 0 Å². The highest BCUT2D eigenvalue weighted by molar-refractivity contribution is 5.92. The summed E-state index contributed by atoms with van der Waals surface area (Å²) in [6.07, 6.45) is 2.92. The van der Waals surface area contributed by atoms with Crippen molar-refractivity contribution in [2.24, 2.45) is 0 Å². The van der Waals surface area contributed by atoms with Gasteiger partial charge in [-0.3, -0.25) is 0 Å². The van der Waals surface area contributed by atoms with Gasteiger partial charge in [-0.05, 0) is 0 Å². The van der Waals surface area contributed by atoms with Crippen LogP contribution in [0.5, 0.6) is 0 Å². The Hall–Kier alpha value is -2.31. The monoisotopic (exact) mass is 222 g/mol. The van der Waals surface area contributed by atoms with Gasteiger partial charge in [0.05, 0.1) is 20.0 Å². The zero-order valence-electron chi connectivity index (χ0n) is 8.58. The van der Waals surface area contributed by atoms with Gasteiger partial charge in [0.15, 0.2) is 5.69 Å². The number of carbonyl (C=O) groups is 1. The maximum Gasteiger partial charge on any atom is 0.360 e. The standard InChI is InChI=1S/C9H10N4O3/c1-15-9(14)7-8(10)13(5-11-7)4-6-2-3-16-12-6/h2-3,5H,4,10H2,1H3. The van der Waals surface area contributed by atoms with E-state index in [1.807, 2.05) is 0 Å². The lowest BCUT2D eigenvalue weighted by molar-refractivity contribution is 0.0596. The molecular weight excluding hydrogens is 212 g/mol. The average Bonchev–Trinajstić information content (AvgIpc) is 2.90. The second kappa shape index (κ2) is 4.05. The molecule has 0 saturated carbocycles. The van der Waals surface area contributed by atoms with Gasteiger partial charge in [-0.15, -0.1) is 0 Å².